The van der Waals surface area contributed by atoms with E-state index in [2.05, 4.69) is 22.0 Å². The van der Waals surface area contributed by atoms with E-state index in [0.29, 0.717) is 12.2 Å². The average Bonchev–Trinajstić information content (AvgIpc) is 2.53. The maximum Gasteiger partial charge on any atom is 0.126 e. The van der Waals surface area contributed by atoms with Gasteiger partial charge in [0, 0.05) is 16.5 Å². The highest BCUT2D eigenvalue weighted by molar-refractivity contribution is 9.08. The highest BCUT2D eigenvalue weighted by atomic mass is 79.9. The Morgan fingerprint density at radius 1 is 1.19 bits per heavy atom. The van der Waals surface area contributed by atoms with Crippen LogP contribution in [0.5, 0.6) is 11.5 Å². The number of hydrogen-bond donors (Lipinski definition) is 0. The van der Waals surface area contributed by atoms with Crippen LogP contribution in [-0.2, 0) is 11.9 Å². The highest BCUT2D eigenvalue weighted by Crippen LogP contribution is 2.28. The molecule has 0 atom stereocenters. The number of nitrogens with zero attached hydrogens (tertiary/aromatic N) is 1. The summed E-state index contributed by atoms with van der Waals surface area (Å²) in [5.41, 5.74) is 3.65. The van der Waals surface area contributed by atoms with Crippen molar-refractivity contribution in [2.45, 2.75) is 18.9 Å². The molecule has 0 aromatic heterocycles. The number of rotatable bonds is 5. The van der Waals surface area contributed by atoms with Crippen LogP contribution in [-0.4, -0.2) is 7.11 Å². The molecule has 0 aliphatic heterocycles. The lowest BCUT2D eigenvalue weighted by Gasteiger charge is -2.14. The van der Waals surface area contributed by atoms with Crippen LogP contribution in [0, 0.1) is 18.3 Å². The number of ether oxygens (including phenoxy) is 2. The van der Waals surface area contributed by atoms with Crippen molar-refractivity contribution in [3.8, 4) is 17.6 Å². The number of hydrogen-bond acceptors (Lipinski definition) is 3. The lowest BCUT2D eigenvalue weighted by Crippen LogP contribution is -2.02. The van der Waals surface area contributed by atoms with Gasteiger partial charge in [0.25, 0.3) is 0 Å². The van der Waals surface area contributed by atoms with Gasteiger partial charge in [-0.05, 0) is 30.7 Å². The van der Waals surface area contributed by atoms with Crippen molar-refractivity contribution in [1.82, 2.24) is 0 Å². The summed E-state index contributed by atoms with van der Waals surface area (Å²) < 4.78 is 11.3. The molecule has 0 saturated heterocycles. The summed E-state index contributed by atoms with van der Waals surface area (Å²) in [6.07, 6.45) is 0. The second kappa shape index (κ2) is 7.14. The van der Waals surface area contributed by atoms with Crippen LogP contribution in [0.25, 0.3) is 0 Å². The zero-order valence-corrected chi connectivity index (χ0v) is 13.6. The Kier molecular flexibility index (Phi) is 5.24. The van der Waals surface area contributed by atoms with Crippen LogP contribution in [0.1, 0.15) is 22.3 Å². The standard InChI is InChI=1S/C17H16BrNO2/c1-12-4-3-5-14(9-18)17(12)21-11-15-8-13(10-19)6-7-16(15)20-2/h3-8H,9,11H2,1-2H3. The van der Waals surface area contributed by atoms with Gasteiger partial charge in [0.1, 0.15) is 18.1 Å². The molecule has 0 spiro atoms. The van der Waals surface area contributed by atoms with Crippen LogP contribution in [0.2, 0.25) is 0 Å². The molecule has 21 heavy (non-hydrogen) atoms. The van der Waals surface area contributed by atoms with Crippen molar-refractivity contribution in [3.63, 3.8) is 0 Å². The minimum atomic E-state index is 0.365. The van der Waals surface area contributed by atoms with E-state index in [9.17, 15) is 0 Å². The van der Waals surface area contributed by atoms with Crippen LogP contribution >= 0.6 is 15.9 Å². The zero-order chi connectivity index (χ0) is 15.2. The van der Waals surface area contributed by atoms with Gasteiger partial charge in [-0.3, -0.25) is 0 Å². The third kappa shape index (κ3) is 3.56. The van der Waals surface area contributed by atoms with Crippen molar-refractivity contribution in [2.75, 3.05) is 7.11 Å². The first-order valence-corrected chi connectivity index (χ1v) is 7.66. The van der Waals surface area contributed by atoms with Crippen LogP contribution < -0.4 is 9.47 Å². The Balaban J connectivity index is 2.26. The first-order valence-electron chi connectivity index (χ1n) is 6.54. The number of halogens is 1. The second-order valence-corrected chi connectivity index (χ2v) is 5.18. The van der Waals surface area contributed by atoms with E-state index in [0.717, 1.165) is 33.5 Å². The summed E-state index contributed by atoms with van der Waals surface area (Å²) in [6, 6.07) is 13.5. The fourth-order valence-electron chi connectivity index (χ4n) is 2.14. The predicted octanol–water partition coefficient (Wildman–Crippen LogP) is 4.35. The SMILES string of the molecule is COc1ccc(C#N)cc1COc1c(C)cccc1CBr. The zero-order valence-electron chi connectivity index (χ0n) is 12.0. The summed E-state index contributed by atoms with van der Waals surface area (Å²) in [5, 5.41) is 9.73. The third-order valence-corrected chi connectivity index (χ3v) is 3.82. The highest BCUT2D eigenvalue weighted by Gasteiger charge is 2.09. The Morgan fingerprint density at radius 3 is 2.67 bits per heavy atom. The van der Waals surface area contributed by atoms with Crippen LogP contribution in [0.4, 0.5) is 0 Å². The first-order chi connectivity index (χ1) is 10.2. The third-order valence-electron chi connectivity index (χ3n) is 3.22. The summed E-state index contributed by atoms with van der Waals surface area (Å²) in [4.78, 5) is 0. The summed E-state index contributed by atoms with van der Waals surface area (Å²) in [5.74, 6) is 1.60. The van der Waals surface area contributed by atoms with E-state index >= 15 is 0 Å². The van der Waals surface area contributed by atoms with Crippen LogP contribution in [0.3, 0.4) is 0 Å². The molecule has 2 aromatic rings. The smallest absolute Gasteiger partial charge is 0.126 e. The van der Waals surface area contributed by atoms with Crippen molar-refractivity contribution >= 4 is 15.9 Å². The van der Waals surface area contributed by atoms with Gasteiger partial charge in [-0.1, -0.05) is 34.1 Å². The first kappa shape index (κ1) is 15.4. The molecule has 2 rings (SSSR count). The largest absolute Gasteiger partial charge is 0.496 e. The van der Waals surface area contributed by atoms with Gasteiger partial charge in [0.05, 0.1) is 18.7 Å². The van der Waals surface area contributed by atoms with Crippen molar-refractivity contribution in [1.29, 1.82) is 5.26 Å². The molecular weight excluding hydrogens is 330 g/mol. The lowest BCUT2D eigenvalue weighted by molar-refractivity contribution is 0.293. The van der Waals surface area contributed by atoms with Gasteiger partial charge < -0.3 is 9.47 Å². The van der Waals surface area contributed by atoms with E-state index in [1.165, 1.54) is 0 Å². The molecule has 0 heterocycles. The fraction of sp³-hybridized carbons (Fsp3) is 0.235. The van der Waals surface area contributed by atoms with Gasteiger partial charge in [-0.2, -0.15) is 5.26 Å². The molecule has 0 saturated carbocycles. The molecule has 4 heteroatoms. The number of methoxy groups -OCH3 is 1. The van der Waals surface area contributed by atoms with Crippen molar-refractivity contribution in [2.24, 2.45) is 0 Å². The van der Waals surface area contributed by atoms with Crippen molar-refractivity contribution in [3.05, 3.63) is 58.7 Å². The molecule has 0 N–H and O–H groups in total. The average molecular weight is 346 g/mol. The maximum atomic E-state index is 9.00. The van der Waals surface area contributed by atoms with Gasteiger partial charge >= 0.3 is 0 Å². The quantitative estimate of drug-likeness (QED) is 0.756. The van der Waals surface area contributed by atoms with E-state index in [-0.39, 0.29) is 0 Å². The minimum absolute atomic E-state index is 0.365. The second-order valence-electron chi connectivity index (χ2n) is 4.62. The Hall–Kier alpha value is -1.99. The van der Waals surface area contributed by atoms with E-state index < -0.39 is 0 Å². The van der Waals surface area contributed by atoms with Gasteiger partial charge in [0.15, 0.2) is 0 Å². The Morgan fingerprint density at radius 2 is 2.00 bits per heavy atom. The molecule has 0 amide bonds. The fourth-order valence-corrected chi connectivity index (χ4v) is 2.58. The molecule has 0 aliphatic carbocycles. The summed E-state index contributed by atoms with van der Waals surface area (Å²) in [6.45, 7) is 2.38. The summed E-state index contributed by atoms with van der Waals surface area (Å²) in [7, 11) is 1.61. The number of benzene rings is 2. The molecule has 0 aliphatic rings. The minimum Gasteiger partial charge on any atom is -0.496 e. The Bertz CT molecular complexity index is 677. The van der Waals surface area contributed by atoms with E-state index in [1.807, 2.05) is 25.1 Å². The number of aryl methyl sites for hydroxylation is 1. The maximum absolute atomic E-state index is 9.00. The molecule has 0 fully saturated rings. The molecule has 108 valence electrons. The monoisotopic (exact) mass is 345 g/mol. The van der Waals surface area contributed by atoms with E-state index in [4.69, 9.17) is 14.7 Å². The number of nitriles is 1. The molecule has 3 nitrogen and oxygen atoms in total. The molecule has 2 aromatic carbocycles. The lowest BCUT2D eigenvalue weighted by atomic mass is 10.1. The number of alkyl halides is 1. The van der Waals surface area contributed by atoms with Crippen LogP contribution in [0.15, 0.2) is 36.4 Å². The van der Waals surface area contributed by atoms with Crippen molar-refractivity contribution < 1.29 is 9.47 Å². The molecule has 0 unspecified atom stereocenters. The normalized spacial score (nSPS) is 10.0. The molecule has 0 bridgehead atoms. The Labute approximate surface area is 133 Å². The topological polar surface area (TPSA) is 42.2 Å². The molecular formula is C17H16BrNO2. The van der Waals surface area contributed by atoms with Gasteiger partial charge in [0.2, 0.25) is 0 Å². The molecule has 0 radical (unpaired) electrons. The van der Waals surface area contributed by atoms with Gasteiger partial charge in [-0.15, -0.1) is 0 Å². The summed E-state index contributed by atoms with van der Waals surface area (Å²) >= 11 is 3.47. The van der Waals surface area contributed by atoms with Gasteiger partial charge in [-0.25, -0.2) is 0 Å². The van der Waals surface area contributed by atoms with E-state index in [1.54, 1.807) is 25.3 Å². The predicted molar refractivity (Wildman–Crippen MR) is 85.9 cm³/mol. The number of para-hydroxylation sites is 1.